The molecule has 7 heteroatoms. The molecule has 2 atom stereocenters. The SMILES string of the molecule is CC1CN(CCNC(=O)c2ccc(-c3ccco3)[nH]c2=O)CC(C)O1. The molecule has 1 amide bonds. The number of aromatic nitrogens is 1. The fraction of sp³-hybridized carbons (Fsp3) is 0.444. The Balaban J connectivity index is 1.55. The second-order valence-electron chi connectivity index (χ2n) is 6.36. The number of morpholine rings is 1. The Labute approximate surface area is 146 Å². The Hall–Kier alpha value is -2.38. The van der Waals surface area contributed by atoms with Crippen molar-refractivity contribution in [3.8, 4) is 11.5 Å². The number of furan rings is 1. The van der Waals surface area contributed by atoms with E-state index in [0.717, 1.165) is 19.6 Å². The van der Waals surface area contributed by atoms with Gasteiger partial charge in [0.15, 0.2) is 0 Å². The molecule has 0 spiro atoms. The highest BCUT2D eigenvalue weighted by atomic mass is 16.5. The molecule has 0 aliphatic carbocycles. The molecular weight excluding hydrogens is 322 g/mol. The molecule has 1 saturated heterocycles. The maximum Gasteiger partial charge on any atom is 0.261 e. The standard InChI is InChI=1S/C18H23N3O4/c1-12-10-21(11-13(2)25-12)8-7-19-17(22)14-5-6-15(20-18(14)23)16-4-3-9-24-16/h3-6,9,12-13H,7-8,10-11H2,1-2H3,(H,19,22)(H,20,23). The fourth-order valence-electron chi connectivity index (χ4n) is 3.12. The van der Waals surface area contributed by atoms with Crippen LogP contribution in [0.5, 0.6) is 0 Å². The van der Waals surface area contributed by atoms with Crippen molar-refractivity contribution in [3.05, 3.63) is 46.4 Å². The van der Waals surface area contributed by atoms with Gasteiger partial charge in [-0.25, -0.2) is 0 Å². The van der Waals surface area contributed by atoms with Crippen molar-refractivity contribution in [1.82, 2.24) is 15.2 Å². The number of pyridine rings is 1. The van der Waals surface area contributed by atoms with Crippen molar-refractivity contribution >= 4 is 5.91 Å². The number of hydrogen-bond donors (Lipinski definition) is 2. The van der Waals surface area contributed by atoms with Gasteiger partial charge in [0, 0.05) is 26.2 Å². The number of nitrogens with one attached hydrogen (secondary N) is 2. The lowest BCUT2D eigenvalue weighted by atomic mass is 10.2. The van der Waals surface area contributed by atoms with Crippen LogP contribution in [0, 0.1) is 0 Å². The van der Waals surface area contributed by atoms with Gasteiger partial charge >= 0.3 is 0 Å². The third-order valence-electron chi connectivity index (χ3n) is 4.15. The van der Waals surface area contributed by atoms with Crippen LogP contribution >= 0.6 is 0 Å². The highest BCUT2D eigenvalue weighted by molar-refractivity contribution is 5.94. The van der Waals surface area contributed by atoms with Crippen LogP contribution in [0.2, 0.25) is 0 Å². The summed E-state index contributed by atoms with van der Waals surface area (Å²) in [5.41, 5.74) is 0.210. The molecule has 7 nitrogen and oxygen atoms in total. The molecular formula is C18H23N3O4. The minimum atomic E-state index is -0.431. The maximum absolute atomic E-state index is 12.2. The Morgan fingerprint density at radius 1 is 1.28 bits per heavy atom. The van der Waals surface area contributed by atoms with Gasteiger partial charge < -0.3 is 19.5 Å². The van der Waals surface area contributed by atoms with Gasteiger partial charge in [0.2, 0.25) is 0 Å². The molecule has 134 valence electrons. The summed E-state index contributed by atoms with van der Waals surface area (Å²) in [4.78, 5) is 29.3. The van der Waals surface area contributed by atoms with Gasteiger partial charge in [0.05, 0.1) is 24.2 Å². The molecule has 2 aromatic heterocycles. The van der Waals surface area contributed by atoms with Crippen LogP contribution in [0.15, 0.2) is 39.7 Å². The van der Waals surface area contributed by atoms with E-state index in [4.69, 9.17) is 9.15 Å². The molecule has 1 fully saturated rings. The number of rotatable bonds is 5. The summed E-state index contributed by atoms with van der Waals surface area (Å²) in [6, 6.07) is 6.67. The number of carbonyl (C=O) groups excluding carboxylic acids is 1. The minimum Gasteiger partial charge on any atom is -0.463 e. The lowest BCUT2D eigenvalue weighted by Crippen LogP contribution is -2.48. The number of ether oxygens (including phenoxy) is 1. The molecule has 0 aromatic carbocycles. The molecule has 2 N–H and O–H groups in total. The highest BCUT2D eigenvalue weighted by Gasteiger charge is 2.22. The minimum absolute atomic E-state index is 0.0963. The smallest absolute Gasteiger partial charge is 0.261 e. The Morgan fingerprint density at radius 2 is 2.04 bits per heavy atom. The third-order valence-corrected chi connectivity index (χ3v) is 4.15. The topological polar surface area (TPSA) is 87.6 Å². The van der Waals surface area contributed by atoms with E-state index in [9.17, 15) is 9.59 Å². The summed E-state index contributed by atoms with van der Waals surface area (Å²) >= 11 is 0. The molecule has 25 heavy (non-hydrogen) atoms. The van der Waals surface area contributed by atoms with E-state index < -0.39 is 5.56 Å². The van der Waals surface area contributed by atoms with E-state index in [1.54, 1.807) is 18.2 Å². The first-order valence-corrected chi connectivity index (χ1v) is 8.46. The number of amides is 1. The number of carbonyl (C=O) groups is 1. The molecule has 3 heterocycles. The Morgan fingerprint density at radius 3 is 2.68 bits per heavy atom. The van der Waals surface area contributed by atoms with E-state index >= 15 is 0 Å². The molecule has 2 aromatic rings. The van der Waals surface area contributed by atoms with E-state index in [1.165, 1.54) is 12.3 Å². The first-order valence-electron chi connectivity index (χ1n) is 8.46. The largest absolute Gasteiger partial charge is 0.463 e. The first-order chi connectivity index (χ1) is 12.0. The van der Waals surface area contributed by atoms with Gasteiger partial charge in [-0.1, -0.05) is 0 Å². The van der Waals surface area contributed by atoms with Crippen molar-refractivity contribution in [1.29, 1.82) is 0 Å². The van der Waals surface area contributed by atoms with Gasteiger partial charge in [0.1, 0.15) is 11.3 Å². The van der Waals surface area contributed by atoms with Gasteiger partial charge in [-0.15, -0.1) is 0 Å². The van der Waals surface area contributed by atoms with E-state index in [1.807, 2.05) is 13.8 Å². The zero-order chi connectivity index (χ0) is 17.8. The van der Waals surface area contributed by atoms with Gasteiger partial charge in [-0.2, -0.15) is 0 Å². The average molecular weight is 345 g/mol. The van der Waals surface area contributed by atoms with Crippen molar-refractivity contribution in [2.75, 3.05) is 26.2 Å². The first kappa shape index (κ1) is 17.4. The number of aromatic amines is 1. The molecule has 0 saturated carbocycles. The van der Waals surface area contributed by atoms with Crippen molar-refractivity contribution in [2.45, 2.75) is 26.1 Å². The van der Waals surface area contributed by atoms with E-state index in [0.29, 0.717) is 18.0 Å². The molecule has 0 radical (unpaired) electrons. The second-order valence-corrected chi connectivity index (χ2v) is 6.36. The van der Waals surface area contributed by atoms with E-state index in [2.05, 4.69) is 15.2 Å². The number of nitrogens with zero attached hydrogens (tertiary/aromatic N) is 1. The van der Waals surface area contributed by atoms with Crippen molar-refractivity contribution in [2.24, 2.45) is 0 Å². The summed E-state index contributed by atoms with van der Waals surface area (Å²) in [5, 5.41) is 2.81. The average Bonchev–Trinajstić information content (AvgIpc) is 3.08. The Kier molecular flexibility index (Phi) is 5.35. The van der Waals surface area contributed by atoms with Crippen molar-refractivity contribution < 1.29 is 13.9 Å². The monoisotopic (exact) mass is 345 g/mol. The summed E-state index contributed by atoms with van der Waals surface area (Å²) in [6.07, 6.45) is 1.91. The van der Waals surface area contributed by atoms with Crippen LogP contribution in [0.1, 0.15) is 24.2 Å². The summed E-state index contributed by atoms with van der Waals surface area (Å²) in [7, 11) is 0. The van der Waals surface area contributed by atoms with Crippen LogP contribution in [0.3, 0.4) is 0 Å². The quantitative estimate of drug-likeness (QED) is 0.857. The predicted molar refractivity (Wildman–Crippen MR) is 93.5 cm³/mol. The van der Waals surface area contributed by atoms with Crippen molar-refractivity contribution in [3.63, 3.8) is 0 Å². The lowest BCUT2D eigenvalue weighted by Gasteiger charge is -2.35. The van der Waals surface area contributed by atoms with Gasteiger partial charge in [-0.3, -0.25) is 14.5 Å². The normalized spacial score (nSPS) is 21.2. The summed E-state index contributed by atoms with van der Waals surface area (Å²) in [6.45, 7) is 6.99. The lowest BCUT2D eigenvalue weighted by molar-refractivity contribution is -0.0672. The van der Waals surface area contributed by atoms with Crippen LogP contribution in [-0.4, -0.2) is 54.2 Å². The van der Waals surface area contributed by atoms with Crippen LogP contribution in [0.4, 0.5) is 0 Å². The molecule has 0 bridgehead atoms. The van der Waals surface area contributed by atoms with Gasteiger partial charge in [0.25, 0.3) is 11.5 Å². The summed E-state index contributed by atoms with van der Waals surface area (Å²) in [5.74, 6) is 0.182. The van der Waals surface area contributed by atoms with Crippen LogP contribution in [0.25, 0.3) is 11.5 Å². The number of H-pyrrole nitrogens is 1. The molecule has 2 unspecified atom stereocenters. The Bertz CT molecular complexity index is 759. The van der Waals surface area contributed by atoms with E-state index in [-0.39, 0.29) is 23.7 Å². The van der Waals surface area contributed by atoms with Crippen LogP contribution < -0.4 is 10.9 Å². The zero-order valence-corrected chi connectivity index (χ0v) is 14.5. The third kappa shape index (κ3) is 4.37. The molecule has 3 rings (SSSR count). The van der Waals surface area contributed by atoms with Gasteiger partial charge in [-0.05, 0) is 38.1 Å². The molecule has 1 aliphatic rings. The second kappa shape index (κ2) is 7.67. The predicted octanol–water partition coefficient (Wildman–Crippen LogP) is 1.47. The maximum atomic E-state index is 12.2. The molecule has 1 aliphatic heterocycles. The zero-order valence-electron chi connectivity index (χ0n) is 14.5. The summed E-state index contributed by atoms with van der Waals surface area (Å²) < 4.78 is 10.9. The van der Waals surface area contributed by atoms with Crippen LogP contribution in [-0.2, 0) is 4.74 Å². The fourth-order valence-corrected chi connectivity index (χ4v) is 3.12. The number of hydrogen-bond acceptors (Lipinski definition) is 5. The highest BCUT2D eigenvalue weighted by Crippen LogP contribution is 2.15.